The summed E-state index contributed by atoms with van der Waals surface area (Å²) in [6, 6.07) is 13.9. The Kier molecular flexibility index (Phi) is 5.48. The summed E-state index contributed by atoms with van der Waals surface area (Å²) in [7, 11) is 3.31. The molecule has 0 aliphatic heterocycles. The van der Waals surface area contributed by atoms with Crippen LogP contribution in [-0.4, -0.2) is 20.8 Å². The molecule has 0 aliphatic rings. The van der Waals surface area contributed by atoms with Gasteiger partial charge < -0.3 is 14.8 Å². The van der Waals surface area contributed by atoms with Gasteiger partial charge in [0.1, 0.15) is 11.5 Å². The molecule has 3 nitrogen and oxygen atoms in total. The van der Waals surface area contributed by atoms with Gasteiger partial charge in [0.2, 0.25) is 0 Å². The summed E-state index contributed by atoms with van der Waals surface area (Å²) in [5.41, 5.74) is 2.17. The minimum absolute atomic E-state index is 0.0253. The van der Waals surface area contributed by atoms with Crippen molar-refractivity contribution in [1.82, 2.24) is 5.32 Å². The van der Waals surface area contributed by atoms with Crippen LogP contribution >= 0.6 is 11.6 Å². The normalized spacial score (nSPS) is 12.0. The third kappa shape index (κ3) is 3.49. The summed E-state index contributed by atoms with van der Waals surface area (Å²) in [6.45, 7) is 2.92. The Morgan fingerprint density at radius 3 is 2.43 bits per heavy atom. The zero-order valence-electron chi connectivity index (χ0n) is 12.5. The standard InChI is InChI=1S/C17H20ClNO2/c1-4-19-17(13-7-5-6-8-15(13)20-2)12-9-10-14(18)16(11-12)21-3/h5-11,17,19H,4H2,1-3H3. The highest BCUT2D eigenvalue weighted by Crippen LogP contribution is 2.33. The molecule has 0 heterocycles. The number of nitrogens with one attached hydrogen (secondary N) is 1. The smallest absolute Gasteiger partial charge is 0.137 e. The number of rotatable bonds is 6. The Morgan fingerprint density at radius 2 is 1.76 bits per heavy atom. The molecular formula is C17H20ClNO2. The van der Waals surface area contributed by atoms with Crippen molar-refractivity contribution < 1.29 is 9.47 Å². The number of hydrogen-bond acceptors (Lipinski definition) is 3. The summed E-state index contributed by atoms with van der Waals surface area (Å²) >= 11 is 6.11. The molecule has 2 rings (SSSR count). The highest BCUT2D eigenvalue weighted by Gasteiger charge is 2.18. The van der Waals surface area contributed by atoms with E-state index in [4.69, 9.17) is 21.1 Å². The van der Waals surface area contributed by atoms with Crippen LogP contribution in [0.15, 0.2) is 42.5 Å². The molecule has 0 bridgehead atoms. The number of halogens is 1. The number of para-hydroxylation sites is 1. The number of ether oxygens (including phenoxy) is 2. The van der Waals surface area contributed by atoms with E-state index in [1.54, 1.807) is 14.2 Å². The van der Waals surface area contributed by atoms with E-state index < -0.39 is 0 Å². The lowest BCUT2D eigenvalue weighted by atomic mass is 9.97. The molecule has 0 saturated carbocycles. The molecule has 1 unspecified atom stereocenters. The highest BCUT2D eigenvalue weighted by atomic mass is 35.5. The van der Waals surface area contributed by atoms with Gasteiger partial charge in [-0.05, 0) is 30.3 Å². The van der Waals surface area contributed by atoms with Gasteiger partial charge >= 0.3 is 0 Å². The zero-order valence-corrected chi connectivity index (χ0v) is 13.3. The third-order valence-electron chi connectivity index (χ3n) is 3.37. The second-order valence-electron chi connectivity index (χ2n) is 4.63. The van der Waals surface area contributed by atoms with Gasteiger partial charge in [-0.1, -0.05) is 42.8 Å². The molecule has 1 atom stereocenters. The first kappa shape index (κ1) is 15.7. The van der Waals surface area contributed by atoms with E-state index in [0.29, 0.717) is 10.8 Å². The zero-order chi connectivity index (χ0) is 15.2. The quantitative estimate of drug-likeness (QED) is 0.873. The van der Waals surface area contributed by atoms with E-state index in [9.17, 15) is 0 Å². The van der Waals surface area contributed by atoms with Gasteiger partial charge in [0.25, 0.3) is 0 Å². The van der Waals surface area contributed by atoms with Crippen LogP contribution in [0.5, 0.6) is 11.5 Å². The molecule has 0 aromatic heterocycles. The maximum absolute atomic E-state index is 6.11. The fourth-order valence-corrected chi connectivity index (χ4v) is 2.57. The molecule has 4 heteroatoms. The molecular weight excluding hydrogens is 286 g/mol. The van der Waals surface area contributed by atoms with E-state index >= 15 is 0 Å². The fourth-order valence-electron chi connectivity index (χ4n) is 2.37. The second-order valence-corrected chi connectivity index (χ2v) is 5.03. The Labute approximate surface area is 130 Å². The minimum Gasteiger partial charge on any atom is -0.496 e. The fraction of sp³-hybridized carbons (Fsp3) is 0.294. The van der Waals surface area contributed by atoms with Crippen LogP contribution in [0, 0.1) is 0 Å². The van der Waals surface area contributed by atoms with E-state index in [1.807, 2.05) is 36.4 Å². The Balaban J connectivity index is 2.48. The van der Waals surface area contributed by atoms with Crippen LogP contribution in [0.25, 0.3) is 0 Å². The van der Waals surface area contributed by atoms with Crippen molar-refractivity contribution in [3.8, 4) is 11.5 Å². The number of methoxy groups -OCH3 is 2. The first-order valence-corrected chi connectivity index (χ1v) is 7.28. The number of hydrogen-bond donors (Lipinski definition) is 1. The van der Waals surface area contributed by atoms with Gasteiger partial charge in [0.15, 0.2) is 0 Å². The molecule has 2 aromatic rings. The summed E-state index contributed by atoms with van der Waals surface area (Å²) < 4.78 is 10.8. The monoisotopic (exact) mass is 305 g/mol. The molecule has 0 fully saturated rings. The van der Waals surface area contributed by atoms with Crippen molar-refractivity contribution in [2.45, 2.75) is 13.0 Å². The predicted octanol–water partition coefficient (Wildman–Crippen LogP) is 4.06. The van der Waals surface area contributed by atoms with E-state index in [0.717, 1.165) is 23.4 Å². The second kappa shape index (κ2) is 7.34. The first-order chi connectivity index (χ1) is 10.2. The van der Waals surface area contributed by atoms with Crippen molar-refractivity contribution >= 4 is 11.6 Å². The molecule has 1 N–H and O–H groups in total. The number of benzene rings is 2. The average molecular weight is 306 g/mol. The average Bonchev–Trinajstić information content (AvgIpc) is 2.53. The van der Waals surface area contributed by atoms with Crippen LogP contribution in [-0.2, 0) is 0 Å². The Bertz CT molecular complexity index is 601. The van der Waals surface area contributed by atoms with Crippen LogP contribution < -0.4 is 14.8 Å². The van der Waals surface area contributed by atoms with Gasteiger partial charge in [-0.2, -0.15) is 0 Å². The molecule has 112 valence electrons. The van der Waals surface area contributed by atoms with Crippen LogP contribution in [0.3, 0.4) is 0 Å². The SMILES string of the molecule is CCNC(c1ccc(Cl)c(OC)c1)c1ccccc1OC. The van der Waals surface area contributed by atoms with Crippen molar-refractivity contribution in [3.63, 3.8) is 0 Å². The lowest BCUT2D eigenvalue weighted by molar-refractivity contribution is 0.403. The van der Waals surface area contributed by atoms with Crippen LogP contribution in [0.2, 0.25) is 5.02 Å². The lowest BCUT2D eigenvalue weighted by Gasteiger charge is -2.22. The van der Waals surface area contributed by atoms with Crippen molar-refractivity contribution in [1.29, 1.82) is 0 Å². The largest absolute Gasteiger partial charge is 0.496 e. The first-order valence-electron chi connectivity index (χ1n) is 6.91. The Hall–Kier alpha value is -1.71. The topological polar surface area (TPSA) is 30.5 Å². The molecule has 2 aromatic carbocycles. The lowest BCUT2D eigenvalue weighted by Crippen LogP contribution is -2.22. The maximum atomic E-state index is 6.11. The molecule has 0 radical (unpaired) electrons. The summed E-state index contributed by atoms with van der Waals surface area (Å²) in [5.74, 6) is 1.53. The van der Waals surface area contributed by atoms with Crippen molar-refractivity contribution in [3.05, 3.63) is 58.6 Å². The molecule has 0 amide bonds. The van der Waals surface area contributed by atoms with Gasteiger partial charge in [0, 0.05) is 5.56 Å². The summed E-state index contributed by atoms with van der Waals surface area (Å²) in [5, 5.41) is 4.09. The van der Waals surface area contributed by atoms with Crippen LogP contribution in [0.4, 0.5) is 0 Å². The molecule has 21 heavy (non-hydrogen) atoms. The van der Waals surface area contributed by atoms with E-state index in [2.05, 4.69) is 18.3 Å². The summed E-state index contributed by atoms with van der Waals surface area (Å²) in [6.07, 6.45) is 0. The Morgan fingerprint density at radius 1 is 1.05 bits per heavy atom. The third-order valence-corrected chi connectivity index (χ3v) is 3.68. The predicted molar refractivity (Wildman–Crippen MR) is 86.5 cm³/mol. The van der Waals surface area contributed by atoms with Crippen LogP contribution in [0.1, 0.15) is 24.1 Å². The molecule has 0 saturated heterocycles. The van der Waals surface area contributed by atoms with Crippen molar-refractivity contribution in [2.75, 3.05) is 20.8 Å². The van der Waals surface area contributed by atoms with Gasteiger partial charge in [-0.15, -0.1) is 0 Å². The van der Waals surface area contributed by atoms with Gasteiger partial charge in [-0.25, -0.2) is 0 Å². The molecule has 0 spiro atoms. The minimum atomic E-state index is 0.0253. The van der Waals surface area contributed by atoms with Gasteiger partial charge in [0.05, 0.1) is 25.3 Å². The molecule has 0 aliphatic carbocycles. The highest BCUT2D eigenvalue weighted by molar-refractivity contribution is 6.32. The maximum Gasteiger partial charge on any atom is 0.137 e. The van der Waals surface area contributed by atoms with Crippen molar-refractivity contribution in [2.24, 2.45) is 0 Å². The summed E-state index contributed by atoms with van der Waals surface area (Å²) in [4.78, 5) is 0. The van der Waals surface area contributed by atoms with E-state index in [-0.39, 0.29) is 6.04 Å². The van der Waals surface area contributed by atoms with E-state index in [1.165, 1.54) is 0 Å². The van der Waals surface area contributed by atoms with Gasteiger partial charge in [-0.3, -0.25) is 0 Å².